The Hall–Kier alpha value is -3.97. The van der Waals surface area contributed by atoms with Crippen molar-refractivity contribution in [2.45, 2.75) is 31.4 Å². The number of nitrogens with zero attached hydrogens (tertiary/aromatic N) is 2. The average Bonchev–Trinajstić information content (AvgIpc) is 3.22. The van der Waals surface area contributed by atoms with E-state index in [1.807, 2.05) is 43.3 Å². The van der Waals surface area contributed by atoms with E-state index in [1.165, 1.54) is 4.90 Å². The van der Waals surface area contributed by atoms with Gasteiger partial charge in [-0.15, -0.1) is 0 Å². The van der Waals surface area contributed by atoms with Crippen molar-refractivity contribution in [1.82, 2.24) is 0 Å². The highest BCUT2D eigenvalue weighted by Crippen LogP contribution is 2.41. The number of hydrogen-bond donors (Lipinski definition) is 1. The first-order valence-corrected chi connectivity index (χ1v) is 11.7. The predicted molar refractivity (Wildman–Crippen MR) is 132 cm³/mol. The number of carbonyl (C=O) groups is 2. The van der Waals surface area contributed by atoms with Crippen LogP contribution < -0.4 is 9.64 Å². The topological polar surface area (TPSA) is 88.4 Å². The van der Waals surface area contributed by atoms with Crippen molar-refractivity contribution in [2.24, 2.45) is 4.99 Å². The van der Waals surface area contributed by atoms with Gasteiger partial charge in [0.2, 0.25) is 5.90 Å². The van der Waals surface area contributed by atoms with Crippen molar-refractivity contribution in [3.63, 3.8) is 0 Å². The van der Waals surface area contributed by atoms with Gasteiger partial charge in [-0.05, 0) is 55.0 Å². The predicted octanol–water partition coefficient (Wildman–Crippen LogP) is 3.78. The minimum atomic E-state index is -1.25. The van der Waals surface area contributed by atoms with Crippen LogP contribution in [0.1, 0.15) is 34.8 Å². The molecule has 0 radical (unpaired) electrons. The van der Waals surface area contributed by atoms with E-state index in [0.717, 1.165) is 11.1 Å². The molecular formula is C28H26N2O5. The summed E-state index contributed by atoms with van der Waals surface area (Å²) in [7, 11) is 0. The number of ether oxygens (including phenoxy) is 2. The summed E-state index contributed by atoms with van der Waals surface area (Å²) in [6.07, 6.45) is 0.331. The van der Waals surface area contributed by atoms with Crippen molar-refractivity contribution in [1.29, 1.82) is 0 Å². The van der Waals surface area contributed by atoms with E-state index in [1.54, 1.807) is 42.5 Å². The van der Waals surface area contributed by atoms with E-state index in [4.69, 9.17) is 19.6 Å². The zero-order chi connectivity index (χ0) is 24.4. The van der Waals surface area contributed by atoms with Gasteiger partial charge in [-0.25, -0.2) is 9.89 Å². The first-order valence-electron chi connectivity index (χ1n) is 11.7. The smallest absolute Gasteiger partial charge is 0.266 e. The number of hydrogen-bond acceptors (Lipinski definition) is 6. The summed E-state index contributed by atoms with van der Waals surface area (Å²) in [5.41, 5.74) is 1.35. The van der Waals surface area contributed by atoms with E-state index in [2.05, 4.69) is 0 Å². The van der Waals surface area contributed by atoms with Crippen LogP contribution in [0.3, 0.4) is 0 Å². The monoisotopic (exact) mass is 470 g/mol. The lowest BCUT2D eigenvalue weighted by Gasteiger charge is -2.38. The van der Waals surface area contributed by atoms with Gasteiger partial charge in [0.05, 0.1) is 12.3 Å². The average molecular weight is 471 g/mol. The Balaban J connectivity index is 1.50. The van der Waals surface area contributed by atoms with Crippen molar-refractivity contribution < 1.29 is 24.2 Å². The van der Waals surface area contributed by atoms with Crippen LogP contribution in [-0.4, -0.2) is 47.7 Å². The normalized spacial score (nSPS) is 20.9. The molecule has 7 heteroatoms. The summed E-state index contributed by atoms with van der Waals surface area (Å²) >= 11 is 0. The third-order valence-corrected chi connectivity index (χ3v) is 6.42. The minimum Gasteiger partial charge on any atom is -0.494 e. The number of rotatable bonds is 6. The Morgan fingerprint density at radius 2 is 1.80 bits per heavy atom. The Morgan fingerprint density at radius 3 is 2.54 bits per heavy atom. The summed E-state index contributed by atoms with van der Waals surface area (Å²) in [6, 6.07) is 23.5. The summed E-state index contributed by atoms with van der Waals surface area (Å²) in [4.78, 5) is 33.6. The fraction of sp³-hybridized carbons (Fsp3) is 0.250. The number of amides is 2. The van der Waals surface area contributed by atoms with Crippen LogP contribution in [0.4, 0.5) is 5.69 Å². The van der Waals surface area contributed by atoms with Gasteiger partial charge in [-0.3, -0.25) is 9.59 Å². The highest BCUT2D eigenvalue weighted by molar-refractivity contribution is 6.25. The second kappa shape index (κ2) is 9.35. The zero-order valence-corrected chi connectivity index (χ0v) is 19.4. The first-order chi connectivity index (χ1) is 17.0. The Kier molecular flexibility index (Phi) is 6.09. The van der Waals surface area contributed by atoms with Crippen molar-refractivity contribution in [2.75, 3.05) is 18.1 Å². The maximum atomic E-state index is 14.0. The standard InChI is InChI=1S/C28H26N2O5/c1-19-28(29-25(35-19)20-12-14-23(15-13-20)34-17-7-16-31)18-22-10-5-6-11-24(22)30(27(28)33)26(32)21-8-3-2-4-9-21/h2-6,8-15,19,31H,7,16-18H2,1H3/t19-,28-/m0/s1. The molecular weight excluding hydrogens is 444 g/mol. The molecule has 178 valence electrons. The molecule has 0 fully saturated rings. The number of carbonyl (C=O) groups excluding carboxylic acids is 2. The number of anilines is 1. The molecule has 0 aliphatic carbocycles. The van der Waals surface area contributed by atoms with E-state index in [-0.39, 0.29) is 12.5 Å². The molecule has 0 saturated heterocycles. The number of aliphatic imine (C=N–C) groups is 1. The summed E-state index contributed by atoms with van der Waals surface area (Å²) < 4.78 is 11.7. The van der Waals surface area contributed by atoms with E-state index < -0.39 is 17.6 Å². The highest BCUT2D eigenvalue weighted by atomic mass is 16.5. The molecule has 0 bridgehead atoms. The van der Waals surface area contributed by atoms with Crippen LogP contribution in [-0.2, 0) is 16.0 Å². The SMILES string of the molecule is C[C@@H]1OC(c2ccc(OCCCO)cc2)=N[C@@]12Cc1ccccc1N(C(=O)c1ccccc1)C2=O. The number of benzene rings is 3. The minimum absolute atomic E-state index is 0.0731. The van der Waals surface area contributed by atoms with Crippen LogP contribution in [0.2, 0.25) is 0 Å². The van der Waals surface area contributed by atoms with Crippen molar-refractivity contribution in [3.05, 3.63) is 95.6 Å². The summed E-state index contributed by atoms with van der Waals surface area (Å²) in [6.45, 7) is 2.32. The van der Waals surface area contributed by atoms with Gasteiger partial charge in [0, 0.05) is 30.6 Å². The molecule has 2 amide bonds. The molecule has 5 rings (SSSR count). The number of aliphatic hydroxyl groups is 1. The lowest BCUT2D eigenvalue weighted by Crippen LogP contribution is -2.58. The second-order valence-electron chi connectivity index (χ2n) is 8.67. The van der Waals surface area contributed by atoms with Gasteiger partial charge in [-0.1, -0.05) is 36.4 Å². The molecule has 35 heavy (non-hydrogen) atoms. The third kappa shape index (κ3) is 4.08. The number of fused-ring (bicyclic) bond motifs is 1. The van der Waals surface area contributed by atoms with Crippen LogP contribution >= 0.6 is 0 Å². The summed E-state index contributed by atoms with van der Waals surface area (Å²) in [5, 5.41) is 8.91. The highest BCUT2D eigenvalue weighted by Gasteiger charge is 2.56. The molecule has 1 N–H and O–H groups in total. The lowest BCUT2D eigenvalue weighted by atomic mass is 9.81. The maximum absolute atomic E-state index is 14.0. The molecule has 7 nitrogen and oxygen atoms in total. The lowest BCUT2D eigenvalue weighted by molar-refractivity contribution is -0.125. The maximum Gasteiger partial charge on any atom is 0.266 e. The fourth-order valence-corrected chi connectivity index (χ4v) is 4.51. The van der Waals surface area contributed by atoms with E-state index in [0.29, 0.717) is 42.3 Å². The second-order valence-corrected chi connectivity index (χ2v) is 8.67. The number of imide groups is 1. The fourth-order valence-electron chi connectivity index (χ4n) is 4.51. The van der Waals surface area contributed by atoms with Gasteiger partial charge >= 0.3 is 0 Å². The van der Waals surface area contributed by atoms with E-state index >= 15 is 0 Å². The van der Waals surface area contributed by atoms with Crippen LogP contribution in [0.15, 0.2) is 83.9 Å². The Labute approximate surface area is 203 Å². The number of aliphatic hydroxyl groups excluding tert-OH is 1. The molecule has 2 atom stereocenters. The van der Waals surface area contributed by atoms with Crippen LogP contribution in [0, 0.1) is 0 Å². The summed E-state index contributed by atoms with van der Waals surface area (Å²) in [5.74, 6) is 0.254. The number of para-hydroxylation sites is 1. The van der Waals surface area contributed by atoms with Crippen molar-refractivity contribution >= 4 is 23.4 Å². The van der Waals surface area contributed by atoms with Gasteiger partial charge in [0.15, 0.2) is 5.54 Å². The quantitative estimate of drug-likeness (QED) is 0.438. The van der Waals surface area contributed by atoms with Gasteiger partial charge in [0.1, 0.15) is 11.9 Å². The third-order valence-electron chi connectivity index (χ3n) is 6.42. The largest absolute Gasteiger partial charge is 0.494 e. The van der Waals surface area contributed by atoms with Gasteiger partial charge in [-0.2, -0.15) is 0 Å². The molecule has 0 unspecified atom stereocenters. The molecule has 2 aliphatic heterocycles. The molecule has 0 aromatic heterocycles. The van der Waals surface area contributed by atoms with Crippen LogP contribution in [0.5, 0.6) is 5.75 Å². The first kappa shape index (κ1) is 22.8. The molecule has 2 heterocycles. The molecule has 1 spiro atoms. The van der Waals surface area contributed by atoms with Gasteiger partial charge in [0.25, 0.3) is 11.8 Å². The molecule has 0 saturated carbocycles. The van der Waals surface area contributed by atoms with Crippen LogP contribution in [0.25, 0.3) is 0 Å². The Morgan fingerprint density at radius 1 is 1.09 bits per heavy atom. The van der Waals surface area contributed by atoms with Crippen molar-refractivity contribution in [3.8, 4) is 5.75 Å². The van der Waals surface area contributed by atoms with E-state index in [9.17, 15) is 9.59 Å². The van der Waals surface area contributed by atoms with Gasteiger partial charge < -0.3 is 14.6 Å². The molecule has 3 aromatic rings. The molecule has 3 aromatic carbocycles. The Bertz CT molecular complexity index is 1270. The molecule has 2 aliphatic rings. The zero-order valence-electron chi connectivity index (χ0n) is 19.4.